The van der Waals surface area contributed by atoms with Gasteiger partial charge in [0.2, 0.25) is 0 Å². The number of nitrogens with zero attached hydrogens (tertiary/aromatic N) is 1. The number of anilines is 1. The van der Waals surface area contributed by atoms with E-state index in [0.717, 1.165) is 5.69 Å². The molecule has 1 heterocycles. The van der Waals surface area contributed by atoms with E-state index in [-0.39, 0.29) is 17.6 Å². The Labute approximate surface area is 115 Å². The number of rotatable bonds is 5. The van der Waals surface area contributed by atoms with E-state index in [4.69, 9.17) is 5.11 Å². The van der Waals surface area contributed by atoms with Crippen LogP contribution in [-0.4, -0.2) is 36.4 Å². The molecule has 0 saturated carbocycles. The highest BCUT2D eigenvalue weighted by atomic mass is 32.2. The minimum absolute atomic E-state index is 0.0840. The highest BCUT2D eigenvalue weighted by Gasteiger charge is 2.31. The van der Waals surface area contributed by atoms with Crippen molar-refractivity contribution in [3.05, 3.63) is 18.3 Å². The van der Waals surface area contributed by atoms with Gasteiger partial charge in [0.15, 0.2) is 14.9 Å². The van der Waals surface area contributed by atoms with E-state index in [0.29, 0.717) is 6.54 Å². The number of sulfone groups is 1. The lowest BCUT2D eigenvalue weighted by molar-refractivity contribution is 0.244. The van der Waals surface area contributed by atoms with Gasteiger partial charge in [-0.05, 0) is 38.8 Å². The fraction of sp³-hybridized carbons (Fsp3) is 0.615. The number of aliphatic hydroxyl groups excluding tert-OH is 1. The summed E-state index contributed by atoms with van der Waals surface area (Å²) in [6.07, 6.45) is 1.50. The first-order valence-corrected chi connectivity index (χ1v) is 7.72. The van der Waals surface area contributed by atoms with E-state index in [2.05, 4.69) is 10.3 Å². The van der Waals surface area contributed by atoms with Gasteiger partial charge in [0.05, 0.1) is 16.6 Å². The molecular formula is C13H22N2O3S. The molecule has 0 aromatic carbocycles. The molecule has 1 unspecified atom stereocenters. The predicted octanol–water partition coefficient (Wildman–Crippen LogP) is 1.69. The maximum Gasteiger partial charge on any atom is 0.200 e. The Hall–Kier alpha value is -1.14. The third-order valence-corrected chi connectivity index (χ3v) is 5.19. The fourth-order valence-electron chi connectivity index (χ4n) is 1.31. The maximum absolute atomic E-state index is 12.2. The molecule has 108 valence electrons. The lowest BCUT2D eigenvalue weighted by atomic mass is 10.2. The predicted molar refractivity (Wildman–Crippen MR) is 75.9 cm³/mol. The van der Waals surface area contributed by atoms with E-state index in [1.807, 2.05) is 6.92 Å². The first-order valence-electron chi connectivity index (χ1n) is 6.24. The molecule has 0 aliphatic heterocycles. The first-order chi connectivity index (χ1) is 8.68. The van der Waals surface area contributed by atoms with Gasteiger partial charge in [-0.3, -0.25) is 0 Å². The largest absolute Gasteiger partial charge is 0.396 e. The van der Waals surface area contributed by atoms with Crippen LogP contribution in [0.15, 0.2) is 23.4 Å². The Morgan fingerprint density at radius 2 is 2.00 bits per heavy atom. The molecule has 0 fully saturated rings. The van der Waals surface area contributed by atoms with Crippen LogP contribution in [0.1, 0.15) is 27.7 Å². The van der Waals surface area contributed by atoms with Crippen LogP contribution >= 0.6 is 0 Å². The standard InChI is InChI=1S/C13H22N2O3S/c1-10(9-16)7-14-11-5-6-12(15-8-11)19(17,18)13(2,3)4/h5-6,8,10,14,16H,7,9H2,1-4H3. The Kier molecular flexibility index (Phi) is 4.92. The summed E-state index contributed by atoms with van der Waals surface area (Å²) >= 11 is 0. The normalized spacial score (nSPS) is 14.2. The molecule has 5 nitrogen and oxygen atoms in total. The molecule has 0 aliphatic rings. The van der Waals surface area contributed by atoms with Gasteiger partial charge >= 0.3 is 0 Å². The highest BCUT2D eigenvalue weighted by molar-refractivity contribution is 7.92. The average molecular weight is 286 g/mol. The van der Waals surface area contributed by atoms with Crippen LogP contribution in [0.5, 0.6) is 0 Å². The second-order valence-corrected chi connectivity index (χ2v) is 8.32. The summed E-state index contributed by atoms with van der Waals surface area (Å²) in [6.45, 7) is 7.59. The van der Waals surface area contributed by atoms with Crippen LogP contribution in [0.25, 0.3) is 0 Å². The molecule has 6 heteroatoms. The molecule has 0 bridgehead atoms. The summed E-state index contributed by atoms with van der Waals surface area (Å²) in [7, 11) is -3.41. The van der Waals surface area contributed by atoms with Gasteiger partial charge in [-0.1, -0.05) is 6.92 Å². The second-order valence-electron chi connectivity index (χ2n) is 5.67. The Balaban J connectivity index is 2.83. The van der Waals surface area contributed by atoms with E-state index in [1.54, 1.807) is 26.8 Å². The van der Waals surface area contributed by atoms with Gasteiger partial charge in [-0.2, -0.15) is 0 Å². The molecular weight excluding hydrogens is 264 g/mol. The zero-order valence-electron chi connectivity index (χ0n) is 11.8. The molecule has 0 aliphatic carbocycles. The van der Waals surface area contributed by atoms with Gasteiger partial charge < -0.3 is 10.4 Å². The zero-order chi connectivity index (χ0) is 14.7. The van der Waals surface area contributed by atoms with E-state index in [1.165, 1.54) is 12.3 Å². The number of aliphatic hydroxyl groups is 1. The summed E-state index contributed by atoms with van der Waals surface area (Å²) in [4.78, 5) is 4.01. The van der Waals surface area contributed by atoms with Crippen molar-refractivity contribution in [1.82, 2.24) is 4.98 Å². The van der Waals surface area contributed by atoms with Gasteiger partial charge in [0.1, 0.15) is 0 Å². The molecule has 1 atom stereocenters. The van der Waals surface area contributed by atoms with Crippen LogP contribution in [0, 0.1) is 5.92 Å². The fourth-order valence-corrected chi connectivity index (χ4v) is 2.38. The minimum atomic E-state index is -3.41. The molecule has 19 heavy (non-hydrogen) atoms. The Bertz CT molecular complexity index is 504. The van der Waals surface area contributed by atoms with Crippen LogP contribution in [0.2, 0.25) is 0 Å². The van der Waals surface area contributed by atoms with E-state index < -0.39 is 14.6 Å². The lowest BCUT2D eigenvalue weighted by Gasteiger charge is -2.18. The quantitative estimate of drug-likeness (QED) is 0.861. The number of pyridine rings is 1. The topological polar surface area (TPSA) is 79.3 Å². The monoisotopic (exact) mass is 286 g/mol. The third-order valence-electron chi connectivity index (χ3n) is 2.78. The van der Waals surface area contributed by atoms with Gasteiger partial charge in [-0.15, -0.1) is 0 Å². The molecule has 2 N–H and O–H groups in total. The van der Waals surface area contributed by atoms with Crippen molar-refractivity contribution in [2.45, 2.75) is 37.5 Å². The number of hydrogen-bond acceptors (Lipinski definition) is 5. The van der Waals surface area contributed by atoms with Crippen LogP contribution in [0.3, 0.4) is 0 Å². The van der Waals surface area contributed by atoms with Crippen molar-refractivity contribution in [3.63, 3.8) is 0 Å². The second kappa shape index (κ2) is 5.88. The molecule has 1 rings (SSSR count). The average Bonchev–Trinajstić information content (AvgIpc) is 2.35. The highest BCUT2D eigenvalue weighted by Crippen LogP contribution is 2.23. The van der Waals surface area contributed by atoms with Crippen molar-refractivity contribution in [2.75, 3.05) is 18.5 Å². The summed E-state index contributed by atoms with van der Waals surface area (Å²) < 4.78 is 23.5. The Morgan fingerprint density at radius 3 is 2.42 bits per heavy atom. The SMILES string of the molecule is CC(CO)CNc1ccc(S(=O)(=O)C(C)(C)C)nc1. The lowest BCUT2D eigenvalue weighted by Crippen LogP contribution is -2.28. The molecule has 0 spiro atoms. The smallest absolute Gasteiger partial charge is 0.200 e. The molecule has 0 amide bonds. The molecule has 0 radical (unpaired) electrons. The van der Waals surface area contributed by atoms with Gasteiger partial charge in [0.25, 0.3) is 0 Å². The van der Waals surface area contributed by atoms with E-state index >= 15 is 0 Å². The maximum atomic E-state index is 12.2. The summed E-state index contributed by atoms with van der Waals surface area (Å²) in [5.41, 5.74) is 0.744. The van der Waals surface area contributed by atoms with Gasteiger partial charge in [0, 0.05) is 13.2 Å². The van der Waals surface area contributed by atoms with Crippen molar-refractivity contribution in [1.29, 1.82) is 0 Å². The minimum Gasteiger partial charge on any atom is -0.396 e. The van der Waals surface area contributed by atoms with Crippen molar-refractivity contribution >= 4 is 15.5 Å². The van der Waals surface area contributed by atoms with Crippen molar-refractivity contribution in [3.8, 4) is 0 Å². The number of hydrogen-bond donors (Lipinski definition) is 2. The number of nitrogens with one attached hydrogen (secondary N) is 1. The number of aromatic nitrogens is 1. The van der Waals surface area contributed by atoms with Crippen LogP contribution in [0.4, 0.5) is 5.69 Å². The van der Waals surface area contributed by atoms with Crippen LogP contribution in [-0.2, 0) is 9.84 Å². The van der Waals surface area contributed by atoms with Crippen LogP contribution < -0.4 is 5.32 Å². The Morgan fingerprint density at radius 1 is 1.37 bits per heavy atom. The van der Waals surface area contributed by atoms with Crippen molar-refractivity contribution in [2.24, 2.45) is 5.92 Å². The molecule has 0 saturated heterocycles. The molecule has 1 aromatic rings. The summed E-state index contributed by atoms with van der Waals surface area (Å²) in [6, 6.07) is 3.20. The first kappa shape index (κ1) is 15.9. The van der Waals surface area contributed by atoms with Gasteiger partial charge in [-0.25, -0.2) is 13.4 Å². The zero-order valence-corrected chi connectivity index (χ0v) is 12.7. The van der Waals surface area contributed by atoms with E-state index in [9.17, 15) is 8.42 Å². The van der Waals surface area contributed by atoms with Crippen molar-refractivity contribution < 1.29 is 13.5 Å². The summed E-state index contributed by atoms with van der Waals surface area (Å²) in [5.74, 6) is 0.137. The molecule has 1 aromatic heterocycles. The summed E-state index contributed by atoms with van der Waals surface area (Å²) in [5, 5.41) is 12.1. The third kappa shape index (κ3) is 3.91.